The van der Waals surface area contributed by atoms with Crippen molar-refractivity contribution in [3.63, 3.8) is 0 Å². The molecule has 60 valence electrons. The van der Waals surface area contributed by atoms with Gasteiger partial charge in [-0.15, -0.1) is 0 Å². The summed E-state index contributed by atoms with van der Waals surface area (Å²) in [6.45, 7) is 1.70. The monoisotopic (exact) mass is 156 g/mol. The Hall–Kier alpha value is -1.36. The first-order chi connectivity index (χ1) is 5.11. The predicted octanol–water partition coefficient (Wildman–Crippen LogP) is 1.21. The summed E-state index contributed by atoms with van der Waals surface area (Å²) in [5.41, 5.74) is 5.41. The highest BCUT2D eigenvalue weighted by molar-refractivity contribution is 5.19. The van der Waals surface area contributed by atoms with Gasteiger partial charge in [0.05, 0.1) is 12.1 Å². The molecule has 0 radical (unpaired) electrons. The Morgan fingerprint density at radius 2 is 2.36 bits per heavy atom. The zero-order valence-electron chi connectivity index (χ0n) is 5.98. The summed E-state index contributed by atoms with van der Waals surface area (Å²) in [4.78, 5) is 9.52. The molecule has 0 saturated heterocycles. The number of hydrogen-bond donors (Lipinski definition) is 1. The van der Waals surface area contributed by atoms with Crippen LogP contribution in [0.25, 0.3) is 0 Å². The van der Waals surface area contributed by atoms with Gasteiger partial charge in [0.2, 0.25) is 0 Å². The summed E-state index contributed by atoms with van der Waals surface area (Å²) in [6, 6.07) is 2.49. The van der Waals surface area contributed by atoms with Gasteiger partial charge in [-0.1, -0.05) is 0 Å². The van der Waals surface area contributed by atoms with Crippen LogP contribution in [0.3, 0.4) is 0 Å². The van der Waals surface area contributed by atoms with Crippen LogP contribution in [-0.4, -0.2) is 4.92 Å². The van der Waals surface area contributed by atoms with Gasteiger partial charge in [0.15, 0.2) is 0 Å². The van der Waals surface area contributed by atoms with Gasteiger partial charge in [-0.3, -0.25) is 10.1 Å². The molecule has 0 aromatic carbocycles. The van der Waals surface area contributed by atoms with Gasteiger partial charge >= 0.3 is 5.88 Å². The van der Waals surface area contributed by atoms with Gasteiger partial charge < -0.3 is 10.2 Å². The molecular formula is C6H8N2O3. The Morgan fingerprint density at radius 1 is 1.73 bits per heavy atom. The smallest absolute Gasteiger partial charge is 0.404 e. The maximum absolute atomic E-state index is 10.1. The molecule has 0 unspecified atom stereocenters. The normalized spacial score (nSPS) is 12.9. The minimum atomic E-state index is -0.591. The third-order valence-electron chi connectivity index (χ3n) is 1.24. The fraction of sp³-hybridized carbons (Fsp3) is 0.333. The fourth-order valence-electron chi connectivity index (χ4n) is 0.685. The first kappa shape index (κ1) is 7.74. The van der Waals surface area contributed by atoms with Crippen LogP contribution in [-0.2, 0) is 0 Å². The third kappa shape index (κ3) is 1.56. The van der Waals surface area contributed by atoms with Crippen molar-refractivity contribution in [1.29, 1.82) is 0 Å². The van der Waals surface area contributed by atoms with Crippen LogP contribution >= 0.6 is 0 Å². The van der Waals surface area contributed by atoms with E-state index in [9.17, 15) is 10.1 Å². The van der Waals surface area contributed by atoms with E-state index in [0.29, 0.717) is 5.76 Å². The lowest BCUT2D eigenvalue weighted by Crippen LogP contribution is -2.02. The molecular weight excluding hydrogens is 148 g/mol. The van der Waals surface area contributed by atoms with E-state index >= 15 is 0 Å². The summed E-state index contributed by atoms with van der Waals surface area (Å²) in [5, 5.41) is 10.1. The van der Waals surface area contributed by atoms with Crippen molar-refractivity contribution in [2.24, 2.45) is 5.73 Å². The van der Waals surface area contributed by atoms with E-state index in [4.69, 9.17) is 10.2 Å². The van der Waals surface area contributed by atoms with Gasteiger partial charge in [0.1, 0.15) is 10.7 Å². The highest BCUT2D eigenvalue weighted by atomic mass is 16.6. The van der Waals surface area contributed by atoms with Crippen LogP contribution in [0.15, 0.2) is 16.5 Å². The van der Waals surface area contributed by atoms with Gasteiger partial charge in [0, 0.05) is 0 Å². The van der Waals surface area contributed by atoms with Crippen LogP contribution in [0.5, 0.6) is 0 Å². The molecule has 2 N–H and O–H groups in total. The molecule has 0 saturated carbocycles. The van der Waals surface area contributed by atoms with E-state index in [1.54, 1.807) is 6.92 Å². The SMILES string of the molecule is C[C@H](N)c1ccc([N+](=O)[O-])o1. The van der Waals surface area contributed by atoms with E-state index in [1.165, 1.54) is 12.1 Å². The first-order valence-electron chi connectivity index (χ1n) is 3.11. The summed E-state index contributed by atoms with van der Waals surface area (Å²) >= 11 is 0. The second-order valence-corrected chi connectivity index (χ2v) is 2.22. The van der Waals surface area contributed by atoms with E-state index < -0.39 is 4.92 Å². The Balaban J connectivity index is 2.90. The van der Waals surface area contributed by atoms with Crippen molar-refractivity contribution >= 4 is 5.88 Å². The molecule has 1 aromatic heterocycles. The first-order valence-corrected chi connectivity index (χ1v) is 3.11. The maximum atomic E-state index is 10.1. The molecule has 0 spiro atoms. The number of nitro groups is 1. The van der Waals surface area contributed by atoms with Crippen molar-refractivity contribution in [3.05, 3.63) is 28.0 Å². The topological polar surface area (TPSA) is 82.3 Å². The number of hydrogen-bond acceptors (Lipinski definition) is 4. The summed E-state index contributed by atoms with van der Waals surface area (Å²) in [7, 11) is 0. The second-order valence-electron chi connectivity index (χ2n) is 2.22. The molecule has 0 amide bonds. The average molecular weight is 156 g/mol. The summed E-state index contributed by atoms with van der Waals surface area (Å²) < 4.78 is 4.78. The number of nitrogens with two attached hydrogens (primary N) is 1. The van der Waals surface area contributed by atoms with Crippen LogP contribution < -0.4 is 5.73 Å². The molecule has 1 rings (SSSR count). The number of nitrogens with zero attached hydrogens (tertiary/aromatic N) is 1. The number of furan rings is 1. The minimum absolute atomic E-state index is 0.266. The van der Waals surface area contributed by atoms with Gasteiger partial charge in [-0.25, -0.2) is 0 Å². The maximum Gasteiger partial charge on any atom is 0.433 e. The molecule has 11 heavy (non-hydrogen) atoms. The lowest BCUT2D eigenvalue weighted by molar-refractivity contribution is -0.402. The molecule has 5 nitrogen and oxygen atoms in total. The average Bonchev–Trinajstić information content (AvgIpc) is 2.33. The van der Waals surface area contributed by atoms with Crippen LogP contribution in [0.1, 0.15) is 18.7 Å². The van der Waals surface area contributed by atoms with Crippen LogP contribution in [0, 0.1) is 10.1 Å². The Kier molecular flexibility index (Phi) is 1.91. The molecule has 5 heteroatoms. The molecule has 0 aliphatic heterocycles. The third-order valence-corrected chi connectivity index (χ3v) is 1.24. The standard InChI is InChI=1S/C6H8N2O3/c1-4(7)5-2-3-6(11-5)8(9)10/h2-4H,7H2,1H3/t4-/m0/s1. The van der Waals surface area contributed by atoms with Crippen molar-refractivity contribution < 1.29 is 9.34 Å². The lowest BCUT2D eigenvalue weighted by atomic mass is 10.3. The van der Waals surface area contributed by atoms with Crippen molar-refractivity contribution in [3.8, 4) is 0 Å². The van der Waals surface area contributed by atoms with Crippen molar-refractivity contribution in [1.82, 2.24) is 0 Å². The van der Waals surface area contributed by atoms with Crippen molar-refractivity contribution in [2.75, 3.05) is 0 Å². The van der Waals surface area contributed by atoms with E-state index in [0.717, 1.165) is 0 Å². The van der Waals surface area contributed by atoms with E-state index in [-0.39, 0.29) is 11.9 Å². The Morgan fingerprint density at radius 3 is 2.64 bits per heavy atom. The molecule has 0 bridgehead atoms. The molecule has 1 heterocycles. The minimum Gasteiger partial charge on any atom is -0.404 e. The fourth-order valence-corrected chi connectivity index (χ4v) is 0.685. The molecule has 0 aliphatic carbocycles. The van der Waals surface area contributed by atoms with E-state index in [1.807, 2.05) is 0 Å². The number of rotatable bonds is 2. The van der Waals surface area contributed by atoms with E-state index in [2.05, 4.69) is 0 Å². The largest absolute Gasteiger partial charge is 0.433 e. The molecule has 1 atom stereocenters. The molecule has 1 aromatic rings. The van der Waals surface area contributed by atoms with Gasteiger partial charge in [0.25, 0.3) is 0 Å². The highest BCUT2D eigenvalue weighted by Crippen LogP contribution is 2.19. The summed E-state index contributed by atoms with van der Waals surface area (Å²) in [6.07, 6.45) is 0. The zero-order chi connectivity index (χ0) is 8.43. The zero-order valence-corrected chi connectivity index (χ0v) is 5.98. The van der Waals surface area contributed by atoms with Crippen molar-refractivity contribution in [2.45, 2.75) is 13.0 Å². The van der Waals surface area contributed by atoms with Crippen LogP contribution in [0.4, 0.5) is 5.88 Å². The highest BCUT2D eigenvalue weighted by Gasteiger charge is 2.13. The molecule has 0 fully saturated rings. The quantitative estimate of drug-likeness (QED) is 0.515. The van der Waals surface area contributed by atoms with Crippen LogP contribution in [0.2, 0.25) is 0 Å². The predicted molar refractivity (Wildman–Crippen MR) is 38.0 cm³/mol. The van der Waals surface area contributed by atoms with Gasteiger partial charge in [-0.05, 0) is 13.0 Å². The Bertz CT molecular complexity index is 267. The lowest BCUT2D eigenvalue weighted by Gasteiger charge is -1.95. The summed E-state index contributed by atoms with van der Waals surface area (Å²) in [5.74, 6) is 0.161. The second kappa shape index (κ2) is 2.71. The molecule has 0 aliphatic rings. The van der Waals surface area contributed by atoms with Gasteiger partial charge in [-0.2, -0.15) is 0 Å². The Labute approximate surface area is 62.9 Å².